The van der Waals surface area contributed by atoms with Gasteiger partial charge in [-0.25, -0.2) is 0 Å². The first kappa shape index (κ1) is 9.07. The van der Waals surface area contributed by atoms with Crippen LogP contribution in [0.15, 0.2) is 11.3 Å². The first-order chi connectivity index (χ1) is 6.14. The first-order valence-corrected chi connectivity index (χ1v) is 5.13. The van der Waals surface area contributed by atoms with Crippen molar-refractivity contribution in [3.8, 4) is 0 Å². The van der Waals surface area contributed by atoms with Gasteiger partial charge in [-0.3, -0.25) is 0 Å². The zero-order chi connectivity index (χ0) is 9.47. The minimum atomic E-state index is 0.399. The van der Waals surface area contributed by atoms with Crippen LogP contribution in [-0.4, -0.2) is 31.6 Å². The largest absolute Gasteiger partial charge is 0.497 e. The van der Waals surface area contributed by atoms with E-state index in [4.69, 9.17) is 4.74 Å². The van der Waals surface area contributed by atoms with E-state index >= 15 is 0 Å². The van der Waals surface area contributed by atoms with E-state index in [1.165, 1.54) is 37.3 Å². The third kappa shape index (κ3) is 1.37. The summed E-state index contributed by atoms with van der Waals surface area (Å²) in [6.07, 6.45) is 2.54. The number of nitrogens with zero attached hydrogens (tertiary/aromatic N) is 1. The third-order valence-corrected chi connectivity index (χ3v) is 3.83. The van der Waals surface area contributed by atoms with E-state index in [0.717, 1.165) is 6.61 Å². The molecule has 2 aliphatic heterocycles. The zero-order valence-corrected chi connectivity index (χ0v) is 8.89. The third-order valence-electron chi connectivity index (χ3n) is 3.83. The molecule has 0 amide bonds. The maximum Gasteiger partial charge on any atom is 0.0972 e. The second-order valence-electron chi connectivity index (χ2n) is 4.55. The molecule has 2 aliphatic rings. The van der Waals surface area contributed by atoms with Crippen molar-refractivity contribution in [1.29, 1.82) is 0 Å². The lowest BCUT2D eigenvalue weighted by atomic mass is 9.74. The van der Waals surface area contributed by atoms with E-state index in [1.54, 1.807) is 0 Å². The molecule has 0 atom stereocenters. The molecule has 0 saturated carbocycles. The summed E-state index contributed by atoms with van der Waals surface area (Å²) in [4.78, 5) is 2.41. The maximum atomic E-state index is 5.65. The summed E-state index contributed by atoms with van der Waals surface area (Å²) in [5.74, 6) is 1.17. The van der Waals surface area contributed by atoms with Gasteiger partial charge < -0.3 is 9.64 Å². The monoisotopic (exact) mass is 181 g/mol. The highest BCUT2D eigenvalue weighted by Crippen LogP contribution is 2.44. The normalized spacial score (nSPS) is 28.2. The van der Waals surface area contributed by atoms with Gasteiger partial charge in [-0.1, -0.05) is 0 Å². The van der Waals surface area contributed by atoms with Gasteiger partial charge in [0.15, 0.2) is 0 Å². The topological polar surface area (TPSA) is 12.5 Å². The van der Waals surface area contributed by atoms with Crippen LogP contribution in [0.5, 0.6) is 0 Å². The van der Waals surface area contributed by atoms with Gasteiger partial charge >= 0.3 is 0 Å². The van der Waals surface area contributed by atoms with Crippen molar-refractivity contribution < 1.29 is 4.74 Å². The summed E-state index contributed by atoms with van der Waals surface area (Å²) in [5.41, 5.74) is 1.90. The van der Waals surface area contributed by atoms with Crippen LogP contribution >= 0.6 is 0 Å². The summed E-state index contributed by atoms with van der Waals surface area (Å²) in [7, 11) is 2.20. The van der Waals surface area contributed by atoms with Crippen LogP contribution in [0, 0.1) is 5.41 Å². The van der Waals surface area contributed by atoms with Gasteiger partial charge in [0.1, 0.15) is 0 Å². The number of rotatable bonds is 0. The van der Waals surface area contributed by atoms with Gasteiger partial charge in [0.05, 0.1) is 12.4 Å². The van der Waals surface area contributed by atoms with Gasteiger partial charge in [0.2, 0.25) is 0 Å². The van der Waals surface area contributed by atoms with E-state index in [9.17, 15) is 0 Å². The van der Waals surface area contributed by atoms with E-state index in [-0.39, 0.29) is 0 Å². The molecule has 0 bridgehead atoms. The van der Waals surface area contributed by atoms with E-state index in [2.05, 4.69) is 25.8 Å². The Morgan fingerprint density at radius 1 is 1.23 bits per heavy atom. The molecule has 0 N–H and O–H groups in total. The maximum absolute atomic E-state index is 5.65. The Morgan fingerprint density at radius 3 is 2.31 bits per heavy atom. The molecule has 1 spiro atoms. The van der Waals surface area contributed by atoms with Gasteiger partial charge in [0, 0.05) is 5.41 Å². The molecule has 74 valence electrons. The highest BCUT2D eigenvalue weighted by molar-refractivity contribution is 5.21. The standard InChI is InChI=1S/C11H19NO/c1-9-10(2)13-8-11(9)4-6-12(3)7-5-11/h4-8H2,1-3H3. The average Bonchev–Trinajstić information content (AvgIpc) is 2.40. The summed E-state index contributed by atoms with van der Waals surface area (Å²) in [6, 6.07) is 0. The summed E-state index contributed by atoms with van der Waals surface area (Å²) in [6.45, 7) is 7.70. The predicted octanol–water partition coefficient (Wildman–Crippen LogP) is 2.02. The van der Waals surface area contributed by atoms with E-state index in [0.29, 0.717) is 5.41 Å². The average molecular weight is 181 g/mol. The lowest BCUT2D eigenvalue weighted by molar-refractivity contribution is 0.0975. The lowest BCUT2D eigenvalue weighted by Gasteiger charge is -2.37. The highest BCUT2D eigenvalue weighted by atomic mass is 16.5. The van der Waals surface area contributed by atoms with Crippen LogP contribution in [0.2, 0.25) is 0 Å². The van der Waals surface area contributed by atoms with Crippen molar-refractivity contribution in [1.82, 2.24) is 4.90 Å². The van der Waals surface area contributed by atoms with Crippen molar-refractivity contribution in [3.63, 3.8) is 0 Å². The van der Waals surface area contributed by atoms with Crippen LogP contribution in [0.4, 0.5) is 0 Å². The van der Waals surface area contributed by atoms with Gasteiger partial charge in [0.25, 0.3) is 0 Å². The number of allylic oxidation sites excluding steroid dienone is 1. The first-order valence-electron chi connectivity index (χ1n) is 5.13. The van der Waals surface area contributed by atoms with Gasteiger partial charge in [-0.2, -0.15) is 0 Å². The predicted molar refractivity (Wildman–Crippen MR) is 53.5 cm³/mol. The number of ether oxygens (including phenoxy) is 1. The zero-order valence-electron chi connectivity index (χ0n) is 8.89. The van der Waals surface area contributed by atoms with Crippen LogP contribution < -0.4 is 0 Å². The molecule has 2 nitrogen and oxygen atoms in total. The van der Waals surface area contributed by atoms with Crippen LogP contribution in [0.3, 0.4) is 0 Å². The second-order valence-corrected chi connectivity index (χ2v) is 4.55. The molecule has 1 saturated heterocycles. The molecule has 1 fully saturated rings. The number of hydrogen-bond donors (Lipinski definition) is 0. The Kier molecular flexibility index (Phi) is 2.11. The minimum Gasteiger partial charge on any atom is -0.497 e. The molecule has 13 heavy (non-hydrogen) atoms. The summed E-state index contributed by atoms with van der Waals surface area (Å²) >= 11 is 0. The molecule has 0 aliphatic carbocycles. The summed E-state index contributed by atoms with van der Waals surface area (Å²) in [5, 5.41) is 0. The molecule has 0 radical (unpaired) electrons. The molecule has 2 heterocycles. The van der Waals surface area contributed by atoms with Crippen molar-refractivity contribution in [2.45, 2.75) is 26.7 Å². The Morgan fingerprint density at radius 2 is 1.85 bits per heavy atom. The van der Waals surface area contributed by atoms with Crippen LogP contribution in [-0.2, 0) is 4.74 Å². The van der Waals surface area contributed by atoms with E-state index < -0.39 is 0 Å². The van der Waals surface area contributed by atoms with Crippen molar-refractivity contribution in [3.05, 3.63) is 11.3 Å². The van der Waals surface area contributed by atoms with Crippen LogP contribution in [0.1, 0.15) is 26.7 Å². The number of piperidine rings is 1. The number of likely N-dealkylation sites (tertiary alicyclic amines) is 1. The summed E-state index contributed by atoms with van der Waals surface area (Å²) < 4.78 is 5.65. The molecule has 2 rings (SSSR count). The molecule has 2 heteroatoms. The van der Waals surface area contributed by atoms with Crippen molar-refractivity contribution >= 4 is 0 Å². The fraction of sp³-hybridized carbons (Fsp3) is 0.818. The highest BCUT2D eigenvalue weighted by Gasteiger charge is 2.40. The van der Waals surface area contributed by atoms with Crippen molar-refractivity contribution in [2.24, 2.45) is 5.41 Å². The van der Waals surface area contributed by atoms with E-state index in [1.807, 2.05) is 0 Å². The Labute approximate surface area is 80.6 Å². The second kappa shape index (κ2) is 3.02. The smallest absolute Gasteiger partial charge is 0.0972 e. The fourth-order valence-corrected chi connectivity index (χ4v) is 2.40. The molecular weight excluding hydrogens is 162 g/mol. The number of hydrogen-bond acceptors (Lipinski definition) is 2. The molecular formula is C11H19NO. The van der Waals surface area contributed by atoms with Crippen LogP contribution in [0.25, 0.3) is 0 Å². The molecule has 0 aromatic rings. The Balaban J connectivity index is 2.15. The molecule has 0 aromatic heterocycles. The fourth-order valence-electron chi connectivity index (χ4n) is 2.40. The van der Waals surface area contributed by atoms with Crippen molar-refractivity contribution in [2.75, 3.05) is 26.7 Å². The molecule has 0 aromatic carbocycles. The lowest BCUT2D eigenvalue weighted by Crippen LogP contribution is -2.39. The SMILES string of the molecule is CC1=C(C)C2(CCN(C)CC2)CO1. The minimum absolute atomic E-state index is 0.399. The van der Waals surface area contributed by atoms with Gasteiger partial charge in [-0.05, 0) is 52.4 Å². The van der Waals surface area contributed by atoms with Gasteiger partial charge in [-0.15, -0.1) is 0 Å². The quantitative estimate of drug-likeness (QED) is 0.567. The Hall–Kier alpha value is -0.500. The molecule has 0 unspecified atom stereocenters. The Bertz CT molecular complexity index is 236.